The van der Waals surface area contributed by atoms with Crippen LogP contribution in [0.25, 0.3) is 0 Å². The Hall–Kier alpha value is -3.15. The number of aromatic hydroxyl groups is 1. The van der Waals surface area contributed by atoms with Crippen molar-refractivity contribution < 1.29 is 19.5 Å². The average Bonchev–Trinajstić information content (AvgIpc) is 2.89. The SMILES string of the molecule is O=C(CCN1C(=O)c2ccccc2C1=O)NCCCc1ccc(O)cc1. The molecule has 1 aliphatic heterocycles. The number of carbonyl (C=O) groups is 3. The molecule has 2 N–H and O–H groups in total. The summed E-state index contributed by atoms with van der Waals surface area (Å²) in [6.07, 6.45) is 1.65. The molecule has 134 valence electrons. The average molecular weight is 352 g/mol. The molecule has 2 aromatic rings. The van der Waals surface area contributed by atoms with Gasteiger partial charge in [-0.2, -0.15) is 0 Å². The molecule has 0 unspecified atom stereocenters. The van der Waals surface area contributed by atoms with Crippen molar-refractivity contribution in [2.75, 3.05) is 13.1 Å². The quantitative estimate of drug-likeness (QED) is 0.590. The number of amides is 3. The van der Waals surface area contributed by atoms with E-state index >= 15 is 0 Å². The lowest BCUT2D eigenvalue weighted by Crippen LogP contribution is -2.34. The molecule has 0 aromatic heterocycles. The topological polar surface area (TPSA) is 86.7 Å². The van der Waals surface area contributed by atoms with Crippen molar-refractivity contribution in [2.24, 2.45) is 0 Å². The molecular weight excluding hydrogens is 332 g/mol. The van der Waals surface area contributed by atoms with Crippen LogP contribution in [0.1, 0.15) is 39.1 Å². The summed E-state index contributed by atoms with van der Waals surface area (Å²) in [4.78, 5) is 37.5. The second-order valence-electron chi connectivity index (χ2n) is 6.18. The standard InChI is InChI=1S/C20H20N2O4/c23-15-9-7-14(8-10-15)4-3-12-21-18(24)11-13-22-19(25)16-5-1-2-6-17(16)20(22)26/h1-2,5-10,23H,3-4,11-13H2,(H,21,24). The van der Waals surface area contributed by atoms with Gasteiger partial charge in [0, 0.05) is 19.5 Å². The molecule has 0 fully saturated rings. The maximum absolute atomic E-state index is 12.2. The molecule has 3 amide bonds. The number of phenols is 1. The number of nitrogens with zero attached hydrogens (tertiary/aromatic N) is 1. The fourth-order valence-electron chi connectivity index (χ4n) is 2.93. The molecule has 1 aliphatic rings. The Bertz CT molecular complexity index is 795. The lowest BCUT2D eigenvalue weighted by atomic mass is 10.1. The van der Waals surface area contributed by atoms with Crippen molar-refractivity contribution in [2.45, 2.75) is 19.3 Å². The number of hydrogen-bond acceptors (Lipinski definition) is 4. The highest BCUT2D eigenvalue weighted by Gasteiger charge is 2.34. The Labute approximate surface area is 151 Å². The summed E-state index contributed by atoms with van der Waals surface area (Å²) < 4.78 is 0. The second-order valence-corrected chi connectivity index (χ2v) is 6.18. The van der Waals surface area contributed by atoms with E-state index in [1.54, 1.807) is 36.4 Å². The van der Waals surface area contributed by atoms with Crippen LogP contribution in [-0.2, 0) is 11.2 Å². The van der Waals surface area contributed by atoms with E-state index in [1.807, 2.05) is 12.1 Å². The molecular formula is C20H20N2O4. The van der Waals surface area contributed by atoms with E-state index < -0.39 is 0 Å². The number of imide groups is 1. The molecule has 0 saturated carbocycles. The molecule has 0 atom stereocenters. The van der Waals surface area contributed by atoms with Gasteiger partial charge in [-0.25, -0.2) is 0 Å². The third kappa shape index (κ3) is 3.91. The Morgan fingerprint density at radius 3 is 2.19 bits per heavy atom. The highest BCUT2D eigenvalue weighted by Crippen LogP contribution is 2.22. The first-order chi connectivity index (χ1) is 12.6. The van der Waals surface area contributed by atoms with Crippen LogP contribution in [0.15, 0.2) is 48.5 Å². The number of aryl methyl sites for hydroxylation is 1. The molecule has 6 nitrogen and oxygen atoms in total. The third-order valence-corrected chi connectivity index (χ3v) is 4.34. The van der Waals surface area contributed by atoms with Gasteiger partial charge >= 0.3 is 0 Å². The zero-order valence-corrected chi connectivity index (χ0v) is 14.3. The number of nitrogens with one attached hydrogen (secondary N) is 1. The van der Waals surface area contributed by atoms with Gasteiger partial charge in [-0.1, -0.05) is 24.3 Å². The third-order valence-electron chi connectivity index (χ3n) is 4.34. The van der Waals surface area contributed by atoms with Crippen LogP contribution in [0, 0.1) is 0 Å². The summed E-state index contributed by atoms with van der Waals surface area (Å²) in [6.45, 7) is 0.595. The minimum absolute atomic E-state index is 0.0795. The van der Waals surface area contributed by atoms with Crippen molar-refractivity contribution in [3.05, 3.63) is 65.2 Å². The van der Waals surface area contributed by atoms with Crippen LogP contribution in [0.5, 0.6) is 5.75 Å². The van der Waals surface area contributed by atoms with E-state index in [9.17, 15) is 19.5 Å². The Balaban J connectivity index is 1.40. The number of rotatable bonds is 7. The predicted molar refractivity (Wildman–Crippen MR) is 95.9 cm³/mol. The van der Waals surface area contributed by atoms with Crippen LogP contribution >= 0.6 is 0 Å². The Morgan fingerprint density at radius 1 is 0.962 bits per heavy atom. The van der Waals surface area contributed by atoms with E-state index in [-0.39, 0.29) is 36.4 Å². The minimum Gasteiger partial charge on any atom is -0.508 e. The van der Waals surface area contributed by atoms with Crippen LogP contribution in [0.3, 0.4) is 0 Å². The van der Waals surface area contributed by atoms with Crippen molar-refractivity contribution in [1.82, 2.24) is 10.2 Å². The second kappa shape index (κ2) is 7.82. The van der Waals surface area contributed by atoms with Crippen LogP contribution < -0.4 is 5.32 Å². The normalized spacial score (nSPS) is 13.0. The van der Waals surface area contributed by atoms with E-state index in [0.717, 1.165) is 23.3 Å². The largest absolute Gasteiger partial charge is 0.508 e. The Morgan fingerprint density at radius 2 is 1.58 bits per heavy atom. The Kier molecular flexibility index (Phi) is 5.31. The van der Waals surface area contributed by atoms with Crippen LogP contribution in [0.4, 0.5) is 0 Å². The predicted octanol–water partition coefficient (Wildman–Crippen LogP) is 2.13. The summed E-state index contributed by atoms with van der Waals surface area (Å²) in [7, 11) is 0. The van der Waals surface area contributed by atoms with Gasteiger partial charge in [0.1, 0.15) is 5.75 Å². The highest BCUT2D eigenvalue weighted by atomic mass is 16.3. The molecule has 0 saturated heterocycles. The van der Waals surface area contributed by atoms with Crippen LogP contribution in [-0.4, -0.2) is 40.8 Å². The summed E-state index contributed by atoms with van der Waals surface area (Å²) in [5.41, 5.74) is 1.88. The highest BCUT2D eigenvalue weighted by molar-refractivity contribution is 6.21. The summed E-state index contributed by atoms with van der Waals surface area (Å²) >= 11 is 0. The molecule has 2 aromatic carbocycles. The van der Waals surface area contributed by atoms with E-state index in [2.05, 4.69) is 5.32 Å². The lowest BCUT2D eigenvalue weighted by molar-refractivity contribution is -0.121. The maximum Gasteiger partial charge on any atom is 0.261 e. The van der Waals surface area contributed by atoms with Gasteiger partial charge in [-0.3, -0.25) is 19.3 Å². The van der Waals surface area contributed by atoms with Crippen molar-refractivity contribution in [1.29, 1.82) is 0 Å². The first-order valence-electron chi connectivity index (χ1n) is 8.56. The number of fused-ring (bicyclic) bond motifs is 1. The van der Waals surface area contributed by atoms with Gasteiger partial charge in [0.05, 0.1) is 11.1 Å². The first kappa shape index (κ1) is 17.7. The molecule has 26 heavy (non-hydrogen) atoms. The van der Waals surface area contributed by atoms with Gasteiger partial charge in [0.15, 0.2) is 0 Å². The molecule has 0 spiro atoms. The summed E-state index contributed by atoms with van der Waals surface area (Å²) in [5, 5.41) is 12.0. The summed E-state index contributed by atoms with van der Waals surface area (Å²) in [6, 6.07) is 13.6. The molecule has 1 heterocycles. The van der Waals surface area contributed by atoms with Crippen LogP contribution in [0.2, 0.25) is 0 Å². The van der Waals surface area contributed by atoms with Gasteiger partial charge in [0.2, 0.25) is 5.91 Å². The van der Waals surface area contributed by atoms with Crippen molar-refractivity contribution in [3.8, 4) is 5.75 Å². The maximum atomic E-state index is 12.2. The molecule has 0 radical (unpaired) electrons. The van der Waals surface area contributed by atoms with Crippen molar-refractivity contribution in [3.63, 3.8) is 0 Å². The van der Waals surface area contributed by atoms with Crippen molar-refractivity contribution >= 4 is 17.7 Å². The van der Waals surface area contributed by atoms with E-state index in [4.69, 9.17) is 0 Å². The van der Waals surface area contributed by atoms with Gasteiger partial charge in [-0.15, -0.1) is 0 Å². The monoisotopic (exact) mass is 352 g/mol. The lowest BCUT2D eigenvalue weighted by Gasteiger charge is -2.13. The summed E-state index contributed by atoms with van der Waals surface area (Å²) in [5.74, 6) is -0.640. The van der Waals surface area contributed by atoms with Gasteiger partial charge in [-0.05, 0) is 42.7 Å². The van der Waals surface area contributed by atoms with Gasteiger partial charge in [0.25, 0.3) is 11.8 Å². The fourth-order valence-corrected chi connectivity index (χ4v) is 2.93. The molecule has 0 aliphatic carbocycles. The zero-order chi connectivity index (χ0) is 18.5. The fraction of sp³-hybridized carbons (Fsp3) is 0.250. The van der Waals surface area contributed by atoms with Gasteiger partial charge < -0.3 is 10.4 Å². The molecule has 6 heteroatoms. The number of hydrogen-bond donors (Lipinski definition) is 2. The van der Waals surface area contributed by atoms with E-state index in [0.29, 0.717) is 17.7 Å². The number of carbonyl (C=O) groups excluding carboxylic acids is 3. The molecule has 0 bridgehead atoms. The molecule has 3 rings (SSSR count). The minimum atomic E-state index is -0.342. The van der Waals surface area contributed by atoms with E-state index in [1.165, 1.54) is 0 Å². The number of phenolic OH excluding ortho intramolecular Hbond substituents is 1. The number of benzene rings is 2. The smallest absolute Gasteiger partial charge is 0.261 e. The zero-order valence-electron chi connectivity index (χ0n) is 14.3. The first-order valence-corrected chi connectivity index (χ1v) is 8.56.